The molecule has 1 atom stereocenters. The van der Waals surface area contributed by atoms with E-state index in [1.165, 1.54) is 128 Å². The van der Waals surface area contributed by atoms with Gasteiger partial charge in [0.1, 0.15) is 13.2 Å². The van der Waals surface area contributed by atoms with Gasteiger partial charge in [-0.1, -0.05) is 266 Å². The summed E-state index contributed by atoms with van der Waals surface area (Å²) >= 11 is 0. The molecule has 0 aliphatic heterocycles. The van der Waals surface area contributed by atoms with Crippen molar-refractivity contribution in [3.63, 3.8) is 0 Å². The predicted octanol–water partition coefficient (Wildman–Crippen LogP) is 19.2. The third-order valence-corrected chi connectivity index (χ3v) is 12.1. The quantitative estimate of drug-likeness (QED) is 0.0262. The van der Waals surface area contributed by atoms with E-state index in [1.807, 2.05) is 6.08 Å². The second-order valence-electron chi connectivity index (χ2n) is 18.8. The molecule has 0 aromatic rings. The summed E-state index contributed by atoms with van der Waals surface area (Å²) in [5, 5.41) is 0. The van der Waals surface area contributed by atoms with Gasteiger partial charge in [0.25, 0.3) is 0 Å². The van der Waals surface area contributed by atoms with Crippen LogP contribution >= 0.6 is 0 Å². The summed E-state index contributed by atoms with van der Waals surface area (Å²) in [5.41, 5.74) is 0. The fourth-order valence-electron chi connectivity index (χ4n) is 7.91. The molecule has 6 nitrogen and oxygen atoms in total. The maximum absolute atomic E-state index is 12.8. The van der Waals surface area contributed by atoms with Crippen molar-refractivity contribution < 1.29 is 28.6 Å². The van der Waals surface area contributed by atoms with Gasteiger partial charge in [0.2, 0.25) is 0 Å². The zero-order chi connectivity index (χ0) is 49.3. The summed E-state index contributed by atoms with van der Waals surface area (Å²) in [6.07, 6.45) is 73.3. The number of esters is 3. The van der Waals surface area contributed by atoms with Crippen molar-refractivity contribution in [1.82, 2.24) is 0 Å². The molecule has 0 saturated carbocycles. The van der Waals surface area contributed by atoms with Gasteiger partial charge in [-0.15, -0.1) is 0 Å². The molecular formula is C62H106O6. The van der Waals surface area contributed by atoms with Crippen LogP contribution in [-0.2, 0) is 28.6 Å². The van der Waals surface area contributed by atoms with Crippen LogP contribution in [0.4, 0.5) is 0 Å². The van der Waals surface area contributed by atoms with E-state index in [4.69, 9.17) is 14.2 Å². The number of unbranched alkanes of at least 4 members (excludes halogenated alkanes) is 27. The molecule has 0 heterocycles. The van der Waals surface area contributed by atoms with Gasteiger partial charge in [0, 0.05) is 12.8 Å². The second kappa shape index (κ2) is 56.2. The van der Waals surface area contributed by atoms with Gasteiger partial charge in [-0.3, -0.25) is 14.4 Å². The number of carbonyl (C=O) groups is 3. The number of rotatable bonds is 51. The molecule has 68 heavy (non-hydrogen) atoms. The van der Waals surface area contributed by atoms with Crippen LogP contribution in [0.5, 0.6) is 0 Å². The van der Waals surface area contributed by atoms with E-state index in [0.29, 0.717) is 12.8 Å². The minimum absolute atomic E-state index is 0.0944. The summed E-state index contributed by atoms with van der Waals surface area (Å²) in [4.78, 5) is 38.0. The number of ether oxygens (including phenoxy) is 3. The predicted molar refractivity (Wildman–Crippen MR) is 293 cm³/mol. The summed E-state index contributed by atoms with van der Waals surface area (Å²) < 4.78 is 16.7. The monoisotopic (exact) mass is 947 g/mol. The molecule has 0 saturated heterocycles. The second-order valence-corrected chi connectivity index (χ2v) is 18.8. The highest BCUT2D eigenvalue weighted by molar-refractivity contribution is 5.72. The number of hydrogen-bond acceptors (Lipinski definition) is 6. The van der Waals surface area contributed by atoms with E-state index in [1.54, 1.807) is 6.08 Å². The Morgan fingerprint density at radius 3 is 1.03 bits per heavy atom. The van der Waals surface area contributed by atoms with Crippen LogP contribution in [0.2, 0.25) is 0 Å². The van der Waals surface area contributed by atoms with Gasteiger partial charge in [0.15, 0.2) is 6.10 Å². The van der Waals surface area contributed by atoms with Gasteiger partial charge in [0.05, 0.1) is 6.42 Å². The Kier molecular flexibility index (Phi) is 53.4. The van der Waals surface area contributed by atoms with E-state index >= 15 is 0 Å². The van der Waals surface area contributed by atoms with Crippen LogP contribution in [0.1, 0.15) is 271 Å². The maximum atomic E-state index is 12.8. The largest absolute Gasteiger partial charge is 0.462 e. The molecule has 6 heteroatoms. The summed E-state index contributed by atoms with van der Waals surface area (Å²) in [6.45, 7) is 6.38. The fourth-order valence-corrected chi connectivity index (χ4v) is 7.91. The molecule has 0 amide bonds. The van der Waals surface area contributed by atoms with E-state index in [0.717, 1.165) is 103 Å². The average Bonchev–Trinajstić information content (AvgIpc) is 3.34. The lowest BCUT2D eigenvalue weighted by molar-refractivity contribution is -0.166. The summed E-state index contributed by atoms with van der Waals surface area (Å²) in [7, 11) is 0. The highest BCUT2D eigenvalue weighted by Gasteiger charge is 2.19. The molecule has 1 unspecified atom stereocenters. The first-order valence-corrected chi connectivity index (χ1v) is 28.6. The van der Waals surface area contributed by atoms with E-state index in [2.05, 4.69) is 93.7 Å². The van der Waals surface area contributed by atoms with Crippen molar-refractivity contribution in [3.05, 3.63) is 85.1 Å². The number of carbonyl (C=O) groups excluding carboxylic acids is 3. The first-order chi connectivity index (χ1) is 33.5. The van der Waals surface area contributed by atoms with Crippen molar-refractivity contribution in [3.8, 4) is 0 Å². The minimum atomic E-state index is -0.835. The molecule has 0 aromatic heterocycles. The zero-order valence-electron chi connectivity index (χ0n) is 44.6. The van der Waals surface area contributed by atoms with Crippen LogP contribution in [-0.4, -0.2) is 37.2 Å². The first-order valence-electron chi connectivity index (χ1n) is 28.6. The minimum Gasteiger partial charge on any atom is -0.462 e. The molecular weight excluding hydrogens is 841 g/mol. The lowest BCUT2D eigenvalue weighted by Crippen LogP contribution is -2.30. The van der Waals surface area contributed by atoms with Crippen LogP contribution in [0.3, 0.4) is 0 Å². The van der Waals surface area contributed by atoms with Gasteiger partial charge in [-0.05, 0) is 70.6 Å². The van der Waals surface area contributed by atoms with Crippen LogP contribution in [0.15, 0.2) is 85.1 Å². The molecule has 0 bridgehead atoms. The Hall–Kier alpha value is -3.41. The van der Waals surface area contributed by atoms with Crippen molar-refractivity contribution >= 4 is 17.9 Å². The zero-order valence-corrected chi connectivity index (χ0v) is 44.6. The summed E-state index contributed by atoms with van der Waals surface area (Å²) in [6, 6.07) is 0. The smallest absolute Gasteiger partial charge is 0.310 e. The fraction of sp³-hybridized carbons (Fsp3) is 0.726. The van der Waals surface area contributed by atoms with Crippen molar-refractivity contribution in [2.75, 3.05) is 13.2 Å². The summed E-state index contributed by atoms with van der Waals surface area (Å²) in [5.74, 6) is -1.06. The van der Waals surface area contributed by atoms with Gasteiger partial charge in [-0.25, -0.2) is 0 Å². The Bertz CT molecular complexity index is 1320. The van der Waals surface area contributed by atoms with Gasteiger partial charge >= 0.3 is 17.9 Å². The molecule has 0 fully saturated rings. The van der Waals surface area contributed by atoms with Gasteiger partial charge in [-0.2, -0.15) is 0 Å². The van der Waals surface area contributed by atoms with E-state index < -0.39 is 12.1 Å². The molecule has 0 aliphatic rings. The van der Waals surface area contributed by atoms with Crippen LogP contribution < -0.4 is 0 Å². The molecule has 0 radical (unpaired) electrons. The Morgan fingerprint density at radius 1 is 0.324 bits per heavy atom. The Labute approximate surface area is 420 Å². The molecule has 0 rings (SSSR count). The Balaban J connectivity index is 4.39. The van der Waals surface area contributed by atoms with Crippen LogP contribution in [0, 0.1) is 0 Å². The maximum Gasteiger partial charge on any atom is 0.310 e. The highest BCUT2D eigenvalue weighted by Crippen LogP contribution is 2.16. The standard InChI is InChI=1S/C62H106O6/c1-4-7-10-13-16-19-22-25-27-28-29-30-31-32-33-35-37-40-43-46-49-52-55-61(64)67-58-59(57-66-60(63)54-51-48-45-42-39-36-24-21-18-15-12-9-6-3)68-62(65)56-53-50-47-44-41-38-34-26-23-20-17-14-11-8-5-2/h8,11-12,15,17,20-21,24,26,34,41,44,50,53,59H,4-7,9-10,13-14,16,18-19,22-23,25,27-33,35-40,42-43,45-49,51-52,54-58H2,1-3H3/b11-8-,15-12-,20-17-,24-21-,34-26-,44-41-,53-50-. The molecule has 0 aromatic carbocycles. The van der Waals surface area contributed by atoms with Crippen LogP contribution in [0.25, 0.3) is 0 Å². The molecule has 0 spiro atoms. The lowest BCUT2D eigenvalue weighted by atomic mass is 10.0. The lowest BCUT2D eigenvalue weighted by Gasteiger charge is -2.18. The highest BCUT2D eigenvalue weighted by atomic mass is 16.6. The topological polar surface area (TPSA) is 78.9 Å². The average molecular weight is 948 g/mol. The van der Waals surface area contributed by atoms with Crippen molar-refractivity contribution in [1.29, 1.82) is 0 Å². The number of allylic oxidation sites excluding steroid dienone is 13. The van der Waals surface area contributed by atoms with Crippen molar-refractivity contribution in [2.24, 2.45) is 0 Å². The molecule has 0 N–H and O–H groups in total. The third kappa shape index (κ3) is 53.5. The van der Waals surface area contributed by atoms with E-state index in [-0.39, 0.29) is 31.6 Å². The molecule has 0 aliphatic carbocycles. The SMILES string of the molecule is CC/C=C\C/C=C\C/C=C\C/C=C\C/C=C\CC(=O)OC(COC(=O)CCCCCCC/C=C\C/C=C\CCC)COC(=O)CCCCCCCCCCCCCCCCCCCCCCCC. The molecule has 390 valence electrons. The third-order valence-electron chi connectivity index (χ3n) is 12.1. The number of hydrogen-bond donors (Lipinski definition) is 0. The normalized spacial score (nSPS) is 12.7. The first kappa shape index (κ1) is 64.6. The Morgan fingerprint density at radius 2 is 0.647 bits per heavy atom. The van der Waals surface area contributed by atoms with Gasteiger partial charge < -0.3 is 14.2 Å². The van der Waals surface area contributed by atoms with E-state index in [9.17, 15) is 14.4 Å². The van der Waals surface area contributed by atoms with Crippen molar-refractivity contribution in [2.45, 2.75) is 277 Å².